The van der Waals surface area contributed by atoms with Crippen LogP contribution in [0.1, 0.15) is 19.8 Å². The summed E-state index contributed by atoms with van der Waals surface area (Å²) in [5.41, 5.74) is 0. The Morgan fingerprint density at radius 2 is 2.46 bits per heavy atom. The summed E-state index contributed by atoms with van der Waals surface area (Å²) in [6.07, 6.45) is 3.68. The van der Waals surface area contributed by atoms with Gasteiger partial charge in [-0.25, -0.2) is 9.67 Å². The van der Waals surface area contributed by atoms with Gasteiger partial charge in [0, 0.05) is 12.8 Å². The maximum atomic E-state index is 12.3. The lowest BCUT2D eigenvalue weighted by Gasteiger charge is -2.13. The highest BCUT2D eigenvalue weighted by molar-refractivity contribution is 8.00. The van der Waals surface area contributed by atoms with E-state index in [1.165, 1.54) is 18.0 Å². The maximum Gasteiger partial charge on any atom is 0.238 e. The molecule has 0 bridgehead atoms. The SMILES string of the molecule is C[C@@H](Sc1nnnn1C[C@H]1CCCO1)C(=O)Nc1ccc(Cl)cn1. The monoisotopic (exact) mass is 368 g/mol. The molecule has 2 aromatic rings. The molecule has 1 saturated heterocycles. The van der Waals surface area contributed by atoms with Gasteiger partial charge in [0.15, 0.2) is 0 Å². The highest BCUT2D eigenvalue weighted by Gasteiger charge is 2.22. The van der Waals surface area contributed by atoms with E-state index in [9.17, 15) is 4.79 Å². The number of pyridine rings is 1. The normalized spacial score (nSPS) is 18.5. The van der Waals surface area contributed by atoms with Crippen LogP contribution in [0.4, 0.5) is 5.82 Å². The molecule has 2 atom stereocenters. The average Bonchev–Trinajstić information content (AvgIpc) is 3.22. The van der Waals surface area contributed by atoms with Crippen molar-refractivity contribution < 1.29 is 9.53 Å². The van der Waals surface area contributed by atoms with Crippen LogP contribution in [-0.2, 0) is 16.1 Å². The third kappa shape index (κ3) is 4.43. The Balaban J connectivity index is 1.57. The molecule has 3 heterocycles. The molecule has 0 saturated carbocycles. The molecule has 1 N–H and O–H groups in total. The van der Waals surface area contributed by atoms with E-state index in [4.69, 9.17) is 16.3 Å². The van der Waals surface area contributed by atoms with Gasteiger partial charge in [-0.1, -0.05) is 23.4 Å². The van der Waals surface area contributed by atoms with Gasteiger partial charge >= 0.3 is 0 Å². The molecule has 0 unspecified atom stereocenters. The van der Waals surface area contributed by atoms with Gasteiger partial charge in [-0.2, -0.15) is 0 Å². The molecule has 128 valence electrons. The van der Waals surface area contributed by atoms with Crippen LogP contribution in [-0.4, -0.2) is 49.1 Å². The number of tetrazole rings is 1. The molecule has 0 radical (unpaired) electrons. The zero-order valence-corrected chi connectivity index (χ0v) is 14.6. The Labute approximate surface area is 148 Å². The number of halogens is 1. The number of thioether (sulfide) groups is 1. The number of aromatic nitrogens is 5. The number of nitrogens with one attached hydrogen (secondary N) is 1. The fraction of sp³-hybridized carbons (Fsp3) is 0.500. The first-order valence-electron chi connectivity index (χ1n) is 7.58. The number of amides is 1. The number of anilines is 1. The Hall–Kier alpha value is -1.71. The standard InChI is InChI=1S/C14H17ClN6O2S/c1-9(13(22)17-12-5-4-10(15)7-16-12)24-14-18-19-20-21(14)8-11-3-2-6-23-11/h4-5,7,9,11H,2-3,6,8H2,1H3,(H,16,17,22)/t9-,11-/m1/s1. The molecule has 3 rings (SSSR count). The van der Waals surface area contributed by atoms with Crippen molar-refractivity contribution in [3.63, 3.8) is 0 Å². The first kappa shape index (κ1) is 17.1. The van der Waals surface area contributed by atoms with Gasteiger partial charge in [0.1, 0.15) is 5.82 Å². The van der Waals surface area contributed by atoms with Gasteiger partial charge in [0.2, 0.25) is 11.1 Å². The summed E-state index contributed by atoms with van der Waals surface area (Å²) < 4.78 is 7.28. The Kier molecular flexibility index (Phi) is 5.64. The van der Waals surface area contributed by atoms with E-state index in [0.717, 1.165) is 19.4 Å². The van der Waals surface area contributed by atoms with Gasteiger partial charge in [-0.3, -0.25) is 4.79 Å². The van der Waals surface area contributed by atoms with E-state index in [1.807, 2.05) is 0 Å². The number of ether oxygens (including phenoxy) is 1. The summed E-state index contributed by atoms with van der Waals surface area (Å²) in [6.45, 7) is 3.17. The lowest BCUT2D eigenvalue weighted by atomic mass is 10.2. The molecule has 1 amide bonds. The summed E-state index contributed by atoms with van der Waals surface area (Å²) in [7, 11) is 0. The van der Waals surface area contributed by atoms with Crippen molar-refractivity contribution in [1.82, 2.24) is 25.2 Å². The molecule has 1 aliphatic rings. The van der Waals surface area contributed by atoms with Crippen LogP contribution in [0.3, 0.4) is 0 Å². The van der Waals surface area contributed by atoms with Gasteiger partial charge in [-0.05, 0) is 42.3 Å². The summed E-state index contributed by atoms with van der Waals surface area (Å²) in [5.74, 6) is 0.275. The number of nitrogens with zero attached hydrogens (tertiary/aromatic N) is 5. The highest BCUT2D eigenvalue weighted by atomic mass is 35.5. The minimum atomic E-state index is -0.378. The fourth-order valence-corrected chi connectivity index (χ4v) is 3.18. The van der Waals surface area contributed by atoms with Gasteiger partial charge in [-0.15, -0.1) is 5.10 Å². The van der Waals surface area contributed by atoms with Gasteiger partial charge in [0.25, 0.3) is 0 Å². The summed E-state index contributed by atoms with van der Waals surface area (Å²) >= 11 is 7.07. The van der Waals surface area contributed by atoms with Crippen LogP contribution in [0, 0.1) is 0 Å². The van der Waals surface area contributed by atoms with Crippen molar-refractivity contribution in [3.05, 3.63) is 23.4 Å². The second kappa shape index (κ2) is 7.91. The number of hydrogen-bond acceptors (Lipinski definition) is 7. The quantitative estimate of drug-likeness (QED) is 0.779. The van der Waals surface area contributed by atoms with Crippen LogP contribution >= 0.6 is 23.4 Å². The molecule has 0 aliphatic carbocycles. The summed E-state index contributed by atoms with van der Waals surface area (Å²) in [4.78, 5) is 16.3. The maximum absolute atomic E-state index is 12.3. The molecule has 1 fully saturated rings. The van der Waals surface area contributed by atoms with E-state index < -0.39 is 0 Å². The van der Waals surface area contributed by atoms with Crippen molar-refractivity contribution >= 4 is 35.1 Å². The third-order valence-electron chi connectivity index (χ3n) is 3.53. The molecular formula is C14H17ClN6O2S. The molecule has 10 heteroatoms. The van der Waals surface area contributed by atoms with Crippen molar-refractivity contribution in [1.29, 1.82) is 0 Å². The van der Waals surface area contributed by atoms with Crippen LogP contribution in [0.25, 0.3) is 0 Å². The predicted molar refractivity (Wildman–Crippen MR) is 90.0 cm³/mol. The van der Waals surface area contributed by atoms with Gasteiger partial charge in [0.05, 0.1) is 22.9 Å². The number of hydrogen-bond donors (Lipinski definition) is 1. The second-order valence-corrected chi connectivity index (χ2v) is 7.13. The molecule has 24 heavy (non-hydrogen) atoms. The summed E-state index contributed by atoms with van der Waals surface area (Å²) in [6, 6.07) is 3.32. The van der Waals surface area contributed by atoms with Crippen LogP contribution < -0.4 is 5.32 Å². The topological polar surface area (TPSA) is 94.8 Å². The molecular weight excluding hydrogens is 352 g/mol. The lowest BCUT2D eigenvalue weighted by Crippen LogP contribution is -2.24. The van der Waals surface area contributed by atoms with Crippen molar-refractivity contribution in [3.8, 4) is 0 Å². The summed E-state index contributed by atoms with van der Waals surface area (Å²) in [5, 5.41) is 15.2. The van der Waals surface area contributed by atoms with Crippen molar-refractivity contribution in [2.75, 3.05) is 11.9 Å². The molecule has 0 aromatic carbocycles. The number of carbonyl (C=O) groups excluding carboxylic acids is 1. The zero-order valence-electron chi connectivity index (χ0n) is 13.1. The average molecular weight is 369 g/mol. The molecule has 1 aliphatic heterocycles. The smallest absolute Gasteiger partial charge is 0.238 e. The van der Waals surface area contributed by atoms with Gasteiger partial charge < -0.3 is 10.1 Å². The minimum absolute atomic E-state index is 0.134. The lowest BCUT2D eigenvalue weighted by molar-refractivity contribution is -0.115. The third-order valence-corrected chi connectivity index (χ3v) is 4.82. The number of carbonyl (C=O) groups is 1. The molecule has 8 nitrogen and oxygen atoms in total. The van der Waals surface area contributed by atoms with E-state index in [-0.39, 0.29) is 17.3 Å². The van der Waals surface area contributed by atoms with E-state index in [1.54, 1.807) is 23.7 Å². The van der Waals surface area contributed by atoms with E-state index in [2.05, 4.69) is 25.8 Å². The van der Waals surface area contributed by atoms with Crippen molar-refractivity contribution in [2.24, 2.45) is 0 Å². The number of rotatable bonds is 6. The first-order chi connectivity index (χ1) is 11.6. The van der Waals surface area contributed by atoms with Crippen LogP contribution in [0.5, 0.6) is 0 Å². The Morgan fingerprint density at radius 3 is 3.17 bits per heavy atom. The zero-order chi connectivity index (χ0) is 16.9. The van der Waals surface area contributed by atoms with E-state index in [0.29, 0.717) is 22.5 Å². The Morgan fingerprint density at radius 1 is 1.58 bits per heavy atom. The second-order valence-electron chi connectivity index (χ2n) is 5.39. The fourth-order valence-electron chi connectivity index (χ4n) is 2.27. The largest absolute Gasteiger partial charge is 0.376 e. The van der Waals surface area contributed by atoms with E-state index >= 15 is 0 Å². The van der Waals surface area contributed by atoms with Crippen LogP contribution in [0.2, 0.25) is 5.02 Å². The molecule has 0 spiro atoms. The highest BCUT2D eigenvalue weighted by Crippen LogP contribution is 2.23. The first-order valence-corrected chi connectivity index (χ1v) is 8.84. The predicted octanol–water partition coefficient (Wildman–Crippen LogP) is 2.02. The van der Waals surface area contributed by atoms with Crippen molar-refractivity contribution in [2.45, 2.75) is 42.8 Å². The minimum Gasteiger partial charge on any atom is -0.376 e. The Bertz CT molecular complexity index is 689. The van der Waals surface area contributed by atoms with Crippen LogP contribution in [0.15, 0.2) is 23.5 Å². The molecule has 2 aromatic heterocycles.